The summed E-state index contributed by atoms with van der Waals surface area (Å²) in [6, 6.07) is 12.0. The van der Waals surface area contributed by atoms with E-state index in [1.165, 1.54) is 0 Å². The Bertz CT molecular complexity index is 755. The topological polar surface area (TPSA) is 83.6 Å². The van der Waals surface area contributed by atoms with Crippen molar-refractivity contribution in [2.45, 2.75) is 12.8 Å². The van der Waals surface area contributed by atoms with E-state index in [0.29, 0.717) is 17.7 Å². The highest BCUT2D eigenvalue weighted by Gasteiger charge is 2.25. The van der Waals surface area contributed by atoms with Crippen molar-refractivity contribution >= 4 is 17.5 Å². The van der Waals surface area contributed by atoms with Crippen LogP contribution in [0.4, 0.5) is 5.69 Å². The lowest BCUT2D eigenvalue weighted by molar-refractivity contribution is -0.117. The number of nitrogens with zero attached hydrogens (tertiary/aromatic N) is 1. The summed E-state index contributed by atoms with van der Waals surface area (Å²) in [5, 5.41) is 9.78. The first-order chi connectivity index (χ1) is 10.6. The fraction of sp³-hybridized carbons (Fsp3) is 0.176. The number of amides is 2. The number of carbonyl (C=O) groups excluding carboxylic acids is 2. The van der Waals surface area contributed by atoms with E-state index in [4.69, 9.17) is 5.73 Å². The fourth-order valence-electron chi connectivity index (χ4n) is 2.71. The SMILES string of the molecule is NC(=O)c1ccc2c(c1)N(C(=O)Cc1ccccc1O)CC2. The minimum absolute atomic E-state index is 0.109. The van der Waals surface area contributed by atoms with Crippen molar-refractivity contribution in [2.75, 3.05) is 11.4 Å². The standard InChI is InChI=1S/C17H16N2O3/c18-17(22)13-6-5-11-7-8-19(14(11)9-13)16(21)10-12-3-1-2-4-15(12)20/h1-6,9,20H,7-8,10H2,(H2,18,22). The fourth-order valence-corrected chi connectivity index (χ4v) is 2.71. The molecule has 0 saturated heterocycles. The van der Waals surface area contributed by atoms with E-state index >= 15 is 0 Å². The van der Waals surface area contributed by atoms with Gasteiger partial charge >= 0.3 is 0 Å². The molecule has 0 bridgehead atoms. The number of hydrogen-bond donors (Lipinski definition) is 2. The molecule has 0 aliphatic carbocycles. The zero-order valence-corrected chi connectivity index (χ0v) is 12.0. The van der Waals surface area contributed by atoms with Gasteiger partial charge in [0.1, 0.15) is 5.75 Å². The van der Waals surface area contributed by atoms with Crippen molar-refractivity contribution in [3.8, 4) is 5.75 Å². The summed E-state index contributed by atoms with van der Waals surface area (Å²) in [7, 11) is 0. The van der Waals surface area contributed by atoms with Gasteiger partial charge in [0, 0.05) is 23.4 Å². The van der Waals surface area contributed by atoms with Crippen molar-refractivity contribution in [2.24, 2.45) is 5.73 Å². The Morgan fingerprint density at radius 2 is 1.95 bits per heavy atom. The van der Waals surface area contributed by atoms with Crippen LogP contribution in [0.3, 0.4) is 0 Å². The van der Waals surface area contributed by atoms with Crippen LogP contribution in [0, 0.1) is 0 Å². The molecule has 5 nitrogen and oxygen atoms in total. The number of primary amides is 1. The van der Waals surface area contributed by atoms with E-state index in [2.05, 4.69) is 0 Å². The number of rotatable bonds is 3. The number of hydrogen-bond acceptors (Lipinski definition) is 3. The van der Waals surface area contributed by atoms with Gasteiger partial charge in [-0.25, -0.2) is 0 Å². The molecular weight excluding hydrogens is 280 g/mol. The van der Waals surface area contributed by atoms with Crippen molar-refractivity contribution in [3.05, 3.63) is 59.2 Å². The van der Waals surface area contributed by atoms with Crippen LogP contribution in [-0.2, 0) is 17.6 Å². The summed E-state index contributed by atoms with van der Waals surface area (Å²) >= 11 is 0. The number of fused-ring (bicyclic) bond motifs is 1. The molecule has 0 unspecified atom stereocenters. The normalized spacial score (nSPS) is 13.0. The van der Waals surface area contributed by atoms with Crippen molar-refractivity contribution in [3.63, 3.8) is 0 Å². The first-order valence-corrected chi connectivity index (χ1v) is 7.06. The highest BCUT2D eigenvalue weighted by atomic mass is 16.3. The number of aromatic hydroxyl groups is 1. The van der Waals surface area contributed by atoms with Gasteiger partial charge in [0.15, 0.2) is 0 Å². The third-order valence-electron chi connectivity index (χ3n) is 3.90. The third kappa shape index (κ3) is 2.53. The van der Waals surface area contributed by atoms with Crippen LogP contribution in [0.15, 0.2) is 42.5 Å². The molecule has 2 aromatic carbocycles. The molecule has 0 saturated carbocycles. The largest absolute Gasteiger partial charge is 0.508 e. The Morgan fingerprint density at radius 3 is 2.68 bits per heavy atom. The molecule has 0 spiro atoms. The number of phenolic OH excluding ortho intramolecular Hbond substituents is 1. The Balaban J connectivity index is 1.86. The molecule has 2 aromatic rings. The Kier molecular flexibility index (Phi) is 3.55. The quantitative estimate of drug-likeness (QED) is 0.902. The van der Waals surface area contributed by atoms with Crippen molar-refractivity contribution in [1.29, 1.82) is 0 Å². The van der Waals surface area contributed by atoms with Crippen LogP contribution in [0.1, 0.15) is 21.5 Å². The molecule has 0 aromatic heterocycles. The molecular formula is C17H16N2O3. The number of anilines is 1. The molecule has 112 valence electrons. The van der Waals surface area contributed by atoms with Crippen LogP contribution in [0.25, 0.3) is 0 Å². The minimum atomic E-state index is -0.511. The number of benzene rings is 2. The van der Waals surface area contributed by atoms with Gasteiger partial charge in [0.25, 0.3) is 0 Å². The molecule has 1 aliphatic rings. The molecule has 1 heterocycles. The molecule has 0 fully saturated rings. The molecule has 2 amide bonds. The summed E-state index contributed by atoms with van der Waals surface area (Å²) in [5.41, 5.74) is 8.03. The average Bonchev–Trinajstić information content (AvgIpc) is 2.92. The summed E-state index contributed by atoms with van der Waals surface area (Å²) < 4.78 is 0. The van der Waals surface area contributed by atoms with Crippen LogP contribution in [-0.4, -0.2) is 23.5 Å². The molecule has 22 heavy (non-hydrogen) atoms. The second-order valence-electron chi connectivity index (χ2n) is 5.31. The zero-order chi connectivity index (χ0) is 15.7. The van der Waals surface area contributed by atoms with Crippen LogP contribution >= 0.6 is 0 Å². The van der Waals surface area contributed by atoms with Crippen molar-refractivity contribution in [1.82, 2.24) is 0 Å². The van der Waals surface area contributed by atoms with Gasteiger partial charge in [0.2, 0.25) is 11.8 Å². The smallest absolute Gasteiger partial charge is 0.248 e. The Hall–Kier alpha value is -2.82. The average molecular weight is 296 g/mol. The molecule has 3 N–H and O–H groups in total. The molecule has 1 aliphatic heterocycles. The van der Waals surface area contributed by atoms with Gasteiger partial charge in [-0.2, -0.15) is 0 Å². The van der Waals surface area contributed by atoms with E-state index in [9.17, 15) is 14.7 Å². The monoisotopic (exact) mass is 296 g/mol. The summed E-state index contributed by atoms with van der Waals surface area (Å²) in [4.78, 5) is 25.5. The maximum Gasteiger partial charge on any atom is 0.248 e. The summed E-state index contributed by atoms with van der Waals surface area (Å²) in [6.07, 6.45) is 0.869. The van der Waals surface area contributed by atoms with Gasteiger partial charge in [-0.1, -0.05) is 24.3 Å². The first-order valence-electron chi connectivity index (χ1n) is 7.06. The lowest BCUT2D eigenvalue weighted by Gasteiger charge is -2.18. The number of phenols is 1. The summed E-state index contributed by atoms with van der Waals surface area (Å²) in [6.45, 7) is 0.573. The maximum absolute atomic E-state index is 12.5. The van der Waals surface area contributed by atoms with Gasteiger partial charge in [-0.15, -0.1) is 0 Å². The Morgan fingerprint density at radius 1 is 1.18 bits per heavy atom. The highest BCUT2D eigenvalue weighted by Crippen LogP contribution is 2.30. The van der Waals surface area contributed by atoms with Gasteiger partial charge in [-0.05, 0) is 30.2 Å². The first kappa shape index (κ1) is 14.1. The van der Waals surface area contributed by atoms with E-state index in [-0.39, 0.29) is 18.1 Å². The highest BCUT2D eigenvalue weighted by molar-refractivity contribution is 6.00. The molecule has 0 radical (unpaired) electrons. The lowest BCUT2D eigenvalue weighted by Crippen LogP contribution is -2.30. The predicted octanol–water partition coefficient (Wildman–Crippen LogP) is 1.62. The van der Waals surface area contributed by atoms with Gasteiger partial charge in [-0.3, -0.25) is 9.59 Å². The second-order valence-corrected chi connectivity index (χ2v) is 5.31. The van der Waals surface area contributed by atoms with Gasteiger partial charge in [0.05, 0.1) is 6.42 Å². The number of carbonyl (C=O) groups is 2. The maximum atomic E-state index is 12.5. The third-order valence-corrected chi connectivity index (χ3v) is 3.90. The van der Waals surface area contributed by atoms with Crippen LogP contribution < -0.4 is 10.6 Å². The minimum Gasteiger partial charge on any atom is -0.508 e. The second kappa shape index (κ2) is 5.52. The van der Waals surface area contributed by atoms with E-state index in [1.54, 1.807) is 41.3 Å². The number of nitrogens with two attached hydrogens (primary N) is 1. The van der Waals surface area contributed by atoms with Gasteiger partial charge < -0.3 is 15.7 Å². The molecule has 3 rings (SSSR count). The zero-order valence-electron chi connectivity index (χ0n) is 12.0. The van der Waals surface area contributed by atoms with E-state index in [0.717, 1.165) is 17.7 Å². The van der Waals surface area contributed by atoms with Crippen LogP contribution in [0.5, 0.6) is 5.75 Å². The Labute approximate surface area is 128 Å². The van der Waals surface area contributed by atoms with Crippen molar-refractivity contribution < 1.29 is 14.7 Å². The van der Waals surface area contributed by atoms with E-state index in [1.807, 2.05) is 6.07 Å². The van der Waals surface area contributed by atoms with E-state index < -0.39 is 5.91 Å². The number of para-hydroxylation sites is 1. The molecule has 5 heteroatoms. The summed E-state index contributed by atoms with van der Waals surface area (Å²) in [5.74, 6) is -0.508. The molecule has 0 atom stereocenters. The van der Waals surface area contributed by atoms with Crippen LogP contribution in [0.2, 0.25) is 0 Å². The predicted molar refractivity (Wildman–Crippen MR) is 82.8 cm³/mol. The lowest BCUT2D eigenvalue weighted by atomic mass is 10.1.